The van der Waals surface area contributed by atoms with Crippen molar-refractivity contribution in [2.75, 3.05) is 14.7 Å². The van der Waals surface area contributed by atoms with Gasteiger partial charge in [-0.3, -0.25) is 0 Å². The first kappa shape index (κ1) is 47.2. The van der Waals surface area contributed by atoms with Gasteiger partial charge in [-0.1, -0.05) is 177 Å². The van der Waals surface area contributed by atoms with Gasteiger partial charge in [-0.2, -0.15) is 0 Å². The van der Waals surface area contributed by atoms with Crippen LogP contribution in [0.5, 0.6) is 0 Å². The molecule has 5 heterocycles. The van der Waals surface area contributed by atoms with Gasteiger partial charge >= 0.3 is 0 Å². The Labute approximate surface area is 471 Å². The molecule has 5 nitrogen and oxygen atoms in total. The fraction of sp³-hybridized carbons (Fsp3) is 0.151. The molecule has 0 bridgehead atoms. The van der Waals surface area contributed by atoms with Crippen LogP contribution in [-0.4, -0.2) is 6.71 Å². The molecule has 3 aromatic heterocycles. The predicted molar refractivity (Wildman–Crippen MR) is 340 cm³/mol. The summed E-state index contributed by atoms with van der Waals surface area (Å²) < 4.78 is 16.6. The average Bonchev–Trinajstić information content (AvgIpc) is 2.65. The number of nitrogens with zero attached hydrogens (tertiary/aromatic N) is 3. The molecule has 0 unspecified atom stereocenters. The summed E-state index contributed by atoms with van der Waals surface area (Å²) in [7, 11) is 0. The van der Waals surface area contributed by atoms with Crippen LogP contribution in [0.1, 0.15) is 77.6 Å². The van der Waals surface area contributed by atoms with Crippen LogP contribution in [0.3, 0.4) is 0 Å². The molecule has 386 valence electrons. The van der Waals surface area contributed by atoms with Gasteiger partial charge in [0.15, 0.2) is 11.2 Å². The number of fused-ring (bicyclic) bond motifs is 15. The number of para-hydroxylation sites is 4. The highest BCUT2D eigenvalue weighted by Crippen LogP contribution is 2.55. The van der Waals surface area contributed by atoms with Gasteiger partial charge in [0.05, 0.1) is 17.1 Å². The molecule has 0 amide bonds. The van der Waals surface area contributed by atoms with Gasteiger partial charge in [-0.05, 0) is 140 Å². The first-order chi connectivity index (χ1) is 38.7. The smallest absolute Gasteiger partial charge is 0.264 e. The van der Waals surface area contributed by atoms with Gasteiger partial charge in [0.2, 0.25) is 0 Å². The molecule has 80 heavy (non-hydrogen) atoms. The van der Waals surface area contributed by atoms with E-state index in [1.54, 1.807) is 0 Å². The van der Waals surface area contributed by atoms with Gasteiger partial charge in [0.1, 0.15) is 11.2 Å². The fourth-order valence-electron chi connectivity index (χ4n) is 13.7. The Balaban J connectivity index is 0.998. The number of benzene rings is 10. The Kier molecular flexibility index (Phi) is 9.82. The Morgan fingerprint density at radius 2 is 0.950 bits per heavy atom. The summed E-state index contributed by atoms with van der Waals surface area (Å²) in [6, 6.07) is 76.8. The number of furan rings is 2. The van der Waals surface area contributed by atoms with Crippen molar-refractivity contribution in [1.82, 2.24) is 0 Å². The monoisotopic (exact) mass is 1050 g/mol. The van der Waals surface area contributed by atoms with Crippen molar-refractivity contribution in [3.63, 3.8) is 0 Å². The maximum absolute atomic E-state index is 7.03. The Bertz CT molecular complexity index is 4680. The molecule has 0 saturated heterocycles. The molecular formula is C73H58BN3O2S. The maximum Gasteiger partial charge on any atom is 0.264 e. The summed E-state index contributed by atoms with van der Waals surface area (Å²) in [6.07, 6.45) is 0. The van der Waals surface area contributed by atoms with E-state index in [0.717, 1.165) is 89.4 Å². The number of anilines is 9. The average molecular weight is 1050 g/mol. The molecule has 3 aliphatic rings. The van der Waals surface area contributed by atoms with Crippen molar-refractivity contribution in [3.8, 4) is 11.1 Å². The van der Waals surface area contributed by atoms with E-state index in [4.69, 9.17) is 8.83 Å². The summed E-state index contributed by atoms with van der Waals surface area (Å²) in [6.45, 7) is 18.4. The Morgan fingerprint density at radius 3 is 1.56 bits per heavy atom. The lowest BCUT2D eigenvalue weighted by atomic mass is 9.36. The molecule has 0 N–H and O–H groups in total. The number of hydrogen-bond acceptors (Lipinski definition) is 6. The first-order valence-corrected chi connectivity index (χ1v) is 28.9. The third-order valence-electron chi connectivity index (χ3n) is 17.8. The molecule has 2 aliphatic heterocycles. The molecule has 10 aromatic carbocycles. The minimum atomic E-state index is -0.154. The lowest BCUT2D eigenvalue weighted by Crippen LogP contribution is -2.60. The largest absolute Gasteiger partial charge is 0.454 e. The van der Waals surface area contributed by atoms with Crippen LogP contribution in [-0.2, 0) is 16.2 Å². The zero-order chi connectivity index (χ0) is 54.1. The van der Waals surface area contributed by atoms with E-state index >= 15 is 0 Å². The Morgan fingerprint density at radius 1 is 0.438 bits per heavy atom. The molecule has 7 heteroatoms. The second-order valence-electron chi connectivity index (χ2n) is 24.9. The van der Waals surface area contributed by atoms with Crippen LogP contribution < -0.4 is 30.4 Å². The van der Waals surface area contributed by atoms with Crippen molar-refractivity contribution in [1.29, 1.82) is 0 Å². The Hall–Kier alpha value is -8.78. The van der Waals surface area contributed by atoms with E-state index in [9.17, 15) is 0 Å². The van der Waals surface area contributed by atoms with Gasteiger partial charge in [-0.15, -0.1) is 11.3 Å². The number of rotatable bonds is 5. The molecule has 0 spiro atoms. The first-order valence-electron chi connectivity index (χ1n) is 28.1. The highest BCUT2D eigenvalue weighted by molar-refractivity contribution is 7.33. The third kappa shape index (κ3) is 6.70. The van der Waals surface area contributed by atoms with Crippen molar-refractivity contribution in [2.45, 2.75) is 71.6 Å². The summed E-state index contributed by atoms with van der Waals surface area (Å²) in [5.74, 6) is 0. The van der Waals surface area contributed by atoms with Crippen molar-refractivity contribution < 1.29 is 8.83 Å². The van der Waals surface area contributed by atoms with Crippen molar-refractivity contribution >= 4 is 139 Å². The van der Waals surface area contributed by atoms with Crippen LogP contribution in [0.4, 0.5) is 51.2 Å². The molecule has 1 aliphatic carbocycles. The second-order valence-corrected chi connectivity index (χ2v) is 26.0. The van der Waals surface area contributed by atoms with Crippen molar-refractivity contribution in [2.24, 2.45) is 0 Å². The van der Waals surface area contributed by atoms with Crippen molar-refractivity contribution in [3.05, 3.63) is 229 Å². The lowest BCUT2D eigenvalue weighted by molar-refractivity contribution is 0.590. The normalized spacial score (nSPS) is 14.3. The fourth-order valence-corrected chi connectivity index (χ4v) is 15.1. The molecule has 0 atom stereocenters. The SMILES string of the molecule is CC(C)(C)c1ccc(N(c2ccc(C(C)(C)C)cc2)c2ccc3c(c2)N(c2cccc4c2oc2ccccc24)c2cccc4c2B3c2sc3cc5c(cc3c2N4c2cccc3c2oc2ccccc23)-c2ccccc2C5(C)C)cc1. The summed E-state index contributed by atoms with van der Waals surface area (Å²) in [5.41, 5.74) is 23.6. The topological polar surface area (TPSA) is 36.0 Å². The van der Waals surface area contributed by atoms with Crippen LogP contribution in [0.2, 0.25) is 0 Å². The lowest BCUT2D eigenvalue weighted by Gasteiger charge is -2.43. The van der Waals surface area contributed by atoms with E-state index < -0.39 is 0 Å². The minimum absolute atomic E-state index is 0.00829. The number of thiophene rings is 1. The zero-order valence-electron chi connectivity index (χ0n) is 46.3. The van der Waals surface area contributed by atoms with Gasteiger partial charge < -0.3 is 23.5 Å². The third-order valence-corrected chi connectivity index (χ3v) is 19.0. The van der Waals surface area contributed by atoms with E-state index in [-0.39, 0.29) is 23.0 Å². The number of hydrogen-bond donors (Lipinski definition) is 0. The van der Waals surface area contributed by atoms with E-state index in [1.807, 2.05) is 11.3 Å². The summed E-state index contributed by atoms with van der Waals surface area (Å²) >= 11 is 1.95. The minimum Gasteiger partial charge on any atom is -0.454 e. The molecule has 16 rings (SSSR count). The van der Waals surface area contributed by atoms with Crippen LogP contribution in [0.25, 0.3) is 65.1 Å². The van der Waals surface area contributed by atoms with Gasteiger partial charge in [0, 0.05) is 75.9 Å². The second kappa shape index (κ2) is 16.6. The predicted octanol–water partition coefficient (Wildman–Crippen LogP) is 19.2. The standard InChI is InChI=1S/C73H58BN3O2S/c1-71(2,3)43-30-34-45(35-31-43)75(46-36-32-44(33-37-46)72(4,5)6)47-38-39-57-62(40-47)76(60-26-15-21-51-49-19-10-13-28-63(49)78-68(51)60)58-24-17-25-59-66(58)74(57)70-67(77(59)61-27-16-22-52-50-20-11-14-29-64(50)79-69(52)61)54-41-53-48-18-9-12-23-55(48)73(7,8)56(53)42-65(54)80-70/h9-42H,1-8H3. The van der Waals surface area contributed by atoms with Crippen LogP contribution >= 0.6 is 11.3 Å². The van der Waals surface area contributed by atoms with Gasteiger partial charge in [-0.25, -0.2) is 0 Å². The quantitative estimate of drug-likeness (QED) is 0.161. The maximum atomic E-state index is 7.03. The summed E-state index contributed by atoms with van der Waals surface area (Å²) in [5, 5.41) is 5.65. The molecule has 0 saturated carbocycles. The highest BCUT2D eigenvalue weighted by Gasteiger charge is 2.47. The van der Waals surface area contributed by atoms with E-state index in [2.05, 4.69) is 276 Å². The van der Waals surface area contributed by atoms with Crippen LogP contribution in [0.15, 0.2) is 215 Å². The van der Waals surface area contributed by atoms with Crippen LogP contribution in [0, 0.1) is 0 Å². The van der Waals surface area contributed by atoms with Gasteiger partial charge in [0.25, 0.3) is 6.71 Å². The van der Waals surface area contributed by atoms with E-state index in [0.29, 0.717) is 0 Å². The highest BCUT2D eigenvalue weighted by atomic mass is 32.1. The molecule has 13 aromatic rings. The molecular weight excluding hydrogens is 994 g/mol. The molecule has 0 radical (unpaired) electrons. The summed E-state index contributed by atoms with van der Waals surface area (Å²) in [4.78, 5) is 7.50. The molecule has 0 fully saturated rings. The van der Waals surface area contributed by atoms with E-state index in [1.165, 1.54) is 64.9 Å². The zero-order valence-corrected chi connectivity index (χ0v) is 47.1.